The fraction of sp³-hybridized carbons (Fsp3) is 0.632. The zero-order valence-electron chi connectivity index (χ0n) is 15.5. The molecule has 1 aliphatic carbocycles. The van der Waals surface area contributed by atoms with Crippen molar-refractivity contribution < 1.29 is 30.0 Å². The summed E-state index contributed by atoms with van der Waals surface area (Å²) in [5, 5.41) is 44.8. The summed E-state index contributed by atoms with van der Waals surface area (Å²) < 4.78 is 5.28. The molecule has 0 aromatic heterocycles. The lowest BCUT2D eigenvalue weighted by molar-refractivity contribution is -0.547. The smallest absolute Gasteiger partial charge is 0.155 e. The van der Waals surface area contributed by atoms with Gasteiger partial charge in [0.25, 0.3) is 0 Å². The van der Waals surface area contributed by atoms with Crippen molar-refractivity contribution in [3.05, 3.63) is 17.7 Å². The molecule has 0 aliphatic heterocycles. The molecule has 2 rings (SSSR count). The van der Waals surface area contributed by atoms with Crippen LogP contribution in [0, 0.1) is 5.92 Å². The molecule has 146 valence electrons. The van der Waals surface area contributed by atoms with Gasteiger partial charge < -0.3 is 30.1 Å². The van der Waals surface area contributed by atoms with Crippen molar-refractivity contribution in [2.45, 2.75) is 45.3 Å². The van der Waals surface area contributed by atoms with Crippen LogP contribution >= 0.6 is 0 Å². The Morgan fingerprint density at radius 3 is 2.27 bits per heavy atom. The van der Waals surface area contributed by atoms with Gasteiger partial charge in [0.1, 0.15) is 18.1 Å². The van der Waals surface area contributed by atoms with Crippen molar-refractivity contribution >= 4 is 11.5 Å². The van der Waals surface area contributed by atoms with E-state index in [0.717, 1.165) is 6.42 Å². The van der Waals surface area contributed by atoms with Crippen molar-refractivity contribution in [2.24, 2.45) is 5.92 Å². The highest BCUT2D eigenvalue weighted by Crippen LogP contribution is 2.47. The van der Waals surface area contributed by atoms with Gasteiger partial charge in [0.15, 0.2) is 5.78 Å². The van der Waals surface area contributed by atoms with Gasteiger partial charge in [-0.1, -0.05) is 19.8 Å². The number of hydrogen-bond donors (Lipinski definition) is 2. The molecule has 1 saturated carbocycles. The minimum Gasteiger partial charge on any atom is -0.851 e. The third-order valence-corrected chi connectivity index (χ3v) is 4.87. The van der Waals surface area contributed by atoms with Gasteiger partial charge in [0.05, 0.1) is 6.61 Å². The molecule has 0 heterocycles. The Morgan fingerprint density at radius 1 is 1.19 bits per heavy atom. The standard InChI is InChI=1S/C19H27NO6/c1-4-5-20(6-7-26-10-11(2)21)13-8-14(22)16(15(23)9-13)17-18(24)12(3)19(17)25/h8-9,12,17-19,22-23H,4-7,10H2,1-3H3/q-2. The lowest BCUT2D eigenvalue weighted by Crippen LogP contribution is -2.64. The number of ether oxygens (including phenoxy) is 1. The fourth-order valence-electron chi connectivity index (χ4n) is 3.37. The van der Waals surface area contributed by atoms with E-state index in [-0.39, 0.29) is 29.5 Å². The van der Waals surface area contributed by atoms with Crippen LogP contribution in [0.3, 0.4) is 0 Å². The van der Waals surface area contributed by atoms with Crippen LogP contribution in [0.4, 0.5) is 5.69 Å². The molecule has 7 nitrogen and oxygen atoms in total. The van der Waals surface area contributed by atoms with Gasteiger partial charge in [-0.25, -0.2) is 0 Å². The number of anilines is 1. The first-order valence-corrected chi connectivity index (χ1v) is 8.97. The van der Waals surface area contributed by atoms with E-state index in [4.69, 9.17) is 4.74 Å². The number of rotatable bonds is 9. The first kappa shape index (κ1) is 20.5. The van der Waals surface area contributed by atoms with Gasteiger partial charge >= 0.3 is 0 Å². The molecule has 0 saturated heterocycles. The minimum absolute atomic E-state index is 0.0467. The van der Waals surface area contributed by atoms with Gasteiger partial charge in [-0.15, -0.1) is 12.2 Å². The Bertz CT molecular complexity index is 601. The van der Waals surface area contributed by atoms with Gasteiger partial charge in [0, 0.05) is 36.5 Å². The van der Waals surface area contributed by atoms with Crippen molar-refractivity contribution in [3.8, 4) is 11.5 Å². The van der Waals surface area contributed by atoms with Crippen LogP contribution in [0.15, 0.2) is 12.1 Å². The Balaban J connectivity index is 2.16. The molecular weight excluding hydrogens is 338 g/mol. The minimum atomic E-state index is -1.12. The van der Waals surface area contributed by atoms with Crippen molar-refractivity contribution in [3.63, 3.8) is 0 Å². The summed E-state index contributed by atoms with van der Waals surface area (Å²) >= 11 is 0. The quantitative estimate of drug-likeness (QED) is 0.597. The van der Waals surface area contributed by atoms with E-state index in [1.165, 1.54) is 19.1 Å². The maximum Gasteiger partial charge on any atom is 0.155 e. The number of carbonyl (C=O) groups is 1. The second kappa shape index (κ2) is 8.70. The number of phenols is 2. The van der Waals surface area contributed by atoms with Gasteiger partial charge in [-0.2, -0.15) is 0 Å². The third-order valence-electron chi connectivity index (χ3n) is 4.87. The Morgan fingerprint density at radius 2 is 1.77 bits per heavy atom. The molecule has 0 bridgehead atoms. The van der Waals surface area contributed by atoms with E-state index >= 15 is 0 Å². The van der Waals surface area contributed by atoms with Gasteiger partial charge in [-0.3, -0.25) is 4.79 Å². The third kappa shape index (κ3) is 4.28. The van der Waals surface area contributed by atoms with Crippen molar-refractivity contribution in [1.82, 2.24) is 0 Å². The molecular formula is C19H27NO6-2. The average Bonchev–Trinajstić information content (AvgIpc) is 2.59. The van der Waals surface area contributed by atoms with Crippen LogP contribution < -0.4 is 15.1 Å². The summed E-state index contributed by atoms with van der Waals surface area (Å²) in [6.07, 6.45) is -1.40. The van der Waals surface area contributed by atoms with E-state index in [0.29, 0.717) is 25.4 Å². The van der Waals surface area contributed by atoms with Crippen LogP contribution in [0.2, 0.25) is 0 Å². The number of ketones is 1. The van der Waals surface area contributed by atoms with E-state index in [1.807, 2.05) is 11.8 Å². The summed E-state index contributed by atoms with van der Waals surface area (Å²) in [5.74, 6) is -1.96. The monoisotopic (exact) mass is 365 g/mol. The predicted octanol–water partition coefficient (Wildman–Crippen LogP) is 0.111. The van der Waals surface area contributed by atoms with E-state index in [1.54, 1.807) is 6.92 Å². The van der Waals surface area contributed by atoms with Crippen LogP contribution in [0.5, 0.6) is 11.5 Å². The number of carbonyl (C=O) groups excluding carboxylic acids is 1. The number of benzene rings is 1. The van der Waals surface area contributed by atoms with Crippen LogP contribution in [0.1, 0.15) is 38.7 Å². The SMILES string of the molecule is CCCN(CCOCC(C)=O)c1cc(O)c(C2C([O-])C(C)C2[O-])c(O)c1. The molecule has 26 heavy (non-hydrogen) atoms. The summed E-state index contributed by atoms with van der Waals surface area (Å²) in [5.41, 5.74) is 0.630. The molecule has 2 atom stereocenters. The number of aromatic hydroxyl groups is 2. The van der Waals surface area contributed by atoms with E-state index < -0.39 is 24.0 Å². The molecule has 0 amide bonds. The van der Waals surface area contributed by atoms with Gasteiger partial charge in [0.2, 0.25) is 0 Å². The molecule has 0 radical (unpaired) electrons. The highest BCUT2D eigenvalue weighted by Gasteiger charge is 2.37. The summed E-state index contributed by atoms with van der Waals surface area (Å²) in [4.78, 5) is 12.8. The van der Waals surface area contributed by atoms with Gasteiger partial charge in [-0.05, 0) is 19.3 Å². The zero-order valence-corrected chi connectivity index (χ0v) is 15.5. The molecule has 1 aromatic rings. The highest BCUT2D eigenvalue weighted by atomic mass is 16.5. The molecule has 2 unspecified atom stereocenters. The molecule has 7 heteroatoms. The lowest BCUT2D eigenvalue weighted by Gasteiger charge is -2.60. The normalized spacial score (nSPS) is 25.0. The Hall–Kier alpha value is -1.83. The van der Waals surface area contributed by atoms with Crippen LogP contribution in [0.25, 0.3) is 0 Å². The summed E-state index contributed by atoms with van der Waals surface area (Å²) in [6.45, 7) is 6.56. The zero-order chi connectivity index (χ0) is 19.4. The van der Waals surface area contributed by atoms with Crippen LogP contribution in [-0.2, 0) is 9.53 Å². The predicted molar refractivity (Wildman–Crippen MR) is 93.3 cm³/mol. The largest absolute Gasteiger partial charge is 0.851 e. The van der Waals surface area contributed by atoms with Crippen molar-refractivity contribution in [2.75, 3.05) is 31.2 Å². The maximum absolute atomic E-state index is 12.0. The Labute approximate surface area is 153 Å². The van der Waals surface area contributed by atoms with Crippen LogP contribution in [-0.4, -0.2) is 54.5 Å². The molecule has 1 aliphatic rings. The highest BCUT2D eigenvalue weighted by molar-refractivity contribution is 5.76. The van der Waals surface area contributed by atoms with E-state index in [9.17, 15) is 25.2 Å². The average molecular weight is 365 g/mol. The summed E-state index contributed by atoms with van der Waals surface area (Å²) in [7, 11) is 0. The summed E-state index contributed by atoms with van der Waals surface area (Å²) in [6, 6.07) is 2.94. The Kier molecular flexibility index (Phi) is 6.86. The second-order valence-electron chi connectivity index (χ2n) is 6.95. The molecule has 1 aromatic carbocycles. The number of Topliss-reactive ketones (excluding diaryl/α,β-unsaturated/α-hetero) is 1. The first-order chi connectivity index (χ1) is 12.3. The topological polar surface area (TPSA) is 116 Å². The number of nitrogens with zero attached hydrogens (tertiary/aromatic N) is 1. The lowest BCUT2D eigenvalue weighted by atomic mass is 9.66. The number of hydrogen-bond acceptors (Lipinski definition) is 7. The van der Waals surface area contributed by atoms with Crippen molar-refractivity contribution in [1.29, 1.82) is 0 Å². The molecule has 1 fully saturated rings. The maximum atomic E-state index is 12.0. The second-order valence-corrected chi connectivity index (χ2v) is 6.95. The molecule has 0 spiro atoms. The number of phenolic OH excluding ortho intramolecular Hbond substituents is 2. The van der Waals surface area contributed by atoms with E-state index in [2.05, 4.69) is 0 Å². The molecule has 2 N–H and O–H groups in total. The first-order valence-electron chi connectivity index (χ1n) is 8.97. The fourth-order valence-corrected chi connectivity index (χ4v) is 3.37.